The van der Waals surface area contributed by atoms with Crippen molar-refractivity contribution in [3.05, 3.63) is 64.9 Å². The van der Waals surface area contributed by atoms with Crippen molar-refractivity contribution in [2.75, 3.05) is 0 Å². The van der Waals surface area contributed by atoms with Gasteiger partial charge in [-0.15, -0.1) is 11.3 Å². The van der Waals surface area contributed by atoms with Crippen LogP contribution in [0.2, 0.25) is 0 Å². The number of rotatable bonds is 7. The maximum absolute atomic E-state index is 15.0. The molecule has 1 aliphatic rings. The van der Waals surface area contributed by atoms with Crippen molar-refractivity contribution in [1.29, 1.82) is 0 Å². The van der Waals surface area contributed by atoms with E-state index in [0.29, 0.717) is 46.2 Å². The Balaban J connectivity index is 1.64. The van der Waals surface area contributed by atoms with Gasteiger partial charge in [-0.1, -0.05) is 30.3 Å². The molecule has 5 rings (SSSR count). The Hall–Kier alpha value is -2.99. The predicted octanol–water partition coefficient (Wildman–Crippen LogP) is 6.65. The molecule has 6 heteroatoms. The first-order chi connectivity index (χ1) is 14.6. The second-order valence-electron chi connectivity index (χ2n) is 7.66. The SMILES string of the molecule is O=C(O)CCCc1c(-c2cccc(F)c2-c2ncc(C3CC3)s2)oc2ccccc12. The van der Waals surface area contributed by atoms with Gasteiger partial charge in [-0.25, -0.2) is 9.37 Å². The Bertz CT molecular complexity index is 1240. The molecule has 4 aromatic rings. The first kappa shape index (κ1) is 19.0. The Kier molecular flexibility index (Phi) is 4.87. The molecule has 2 aromatic carbocycles. The summed E-state index contributed by atoms with van der Waals surface area (Å²) in [6, 6.07) is 12.7. The summed E-state index contributed by atoms with van der Waals surface area (Å²) in [6.45, 7) is 0. The van der Waals surface area contributed by atoms with Gasteiger partial charge in [0.05, 0.1) is 5.56 Å². The lowest BCUT2D eigenvalue weighted by Crippen LogP contribution is -1.97. The number of fused-ring (bicyclic) bond motifs is 1. The predicted molar refractivity (Wildman–Crippen MR) is 115 cm³/mol. The van der Waals surface area contributed by atoms with E-state index in [1.54, 1.807) is 17.4 Å². The first-order valence-corrected chi connectivity index (χ1v) is 10.9. The number of furan rings is 1. The first-order valence-electron chi connectivity index (χ1n) is 10.1. The van der Waals surface area contributed by atoms with Crippen LogP contribution in [0.5, 0.6) is 0 Å². The Morgan fingerprint density at radius 1 is 1.20 bits per heavy atom. The number of benzene rings is 2. The summed E-state index contributed by atoms with van der Waals surface area (Å²) in [5.74, 6) is -0.00385. The number of aryl methyl sites for hydroxylation is 1. The number of hydrogen-bond acceptors (Lipinski definition) is 4. The average Bonchev–Trinajstić information content (AvgIpc) is 3.36. The van der Waals surface area contributed by atoms with Crippen LogP contribution in [-0.2, 0) is 11.2 Å². The van der Waals surface area contributed by atoms with E-state index in [1.165, 1.54) is 23.8 Å². The van der Waals surface area contributed by atoms with Gasteiger partial charge >= 0.3 is 5.97 Å². The fourth-order valence-electron chi connectivity index (χ4n) is 3.87. The van der Waals surface area contributed by atoms with Crippen LogP contribution in [-0.4, -0.2) is 16.1 Å². The smallest absolute Gasteiger partial charge is 0.303 e. The Labute approximate surface area is 177 Å². The van der Waals surface area contributed by atoms with E-state index in [-0.39, 0.29) is 12.2 Å². The third-order valence-corrected chi connectivity index (χ3v) is 6.67. The minimum absolute atomic E-state index is 0.0756. The zero-order valence-corrected chi connectivity index (χ0v) is 17.0. The molecule has 0 spiro atoms. The molecule has 30 heavy (non-hydrogen) atoms. The summed E-state index contributed by atoms with van der Waals surface area (Å²) in [5, 5.41) is 10.6. The monoisotopic (exact) mass is 421 g/mol. The van der Waals surface area contributed by atoms with Crippen molar-refractivity contribution >= 4 is 28.3 Å². The molecule has 1 saturated carbocycles. The van der Waals surface area contributed by atoms with Gasteiger partial charge in [-0.2, -0.15) is 0 Å². The minimum Gasteiger partial charge on any atom is -0.481 e. The topological polar surface area (TPSA) is 63.3 Å². The molecule has 1 aliphatic carbocycles. The highest BCUT2D eigenvalue weighted by atomic mass is 32.1. The van der Waals surface area contributed by atoms with E-state index in [1.807, 2.05) is 36.5 Å². The number of halogens is 1. The van der Waals surface area contributed by atoms with Gasteiger partial charge in [0.25, 0.3) is 0 Å². The molecular weight excluding hydrogens is 401 g/mol. The second-order valence-corrected chi connectivity index (χ2v) is 8.72. The molecule has 0 aliphatic heterocycles. The summed E-state index contributed by atoms with van der Waals surface area (Å²) in [5.41, 5.74) is 2.74. The number of thiazole rings is 1. The van der Waals surface area contributed by atoms with Gasteiger partial charge in [0.2, 0.25) is 0 Å². The van der Waals surface area contributed by atoms with Crippen molar-refractivity contribution in [1.82, 2.24) is 4.98 Å². The third-order valence-electron chi connectivity index (χ3n) is 5.49. The van der Waals surface area contributed by atoms with E-state index >= 15 is 4.39 Å². The molecule has 1 N–H and O–H groups in total. The normalized spacial score (nSPS) is 13.8. The quantitative estimate of drug-likeness (QED) is 0.363. The van der Waals surface area contributed by atoms with Crippen LogP contribution in [0.3, 0.4) is 0 Å². The van der Waals surface area contributed by atoms with Crippen molar-refractivity contribution in [3.8, 4) is 21.9 Å². The maximum Gasteiger partial charge on any atom is 0.303 e. The molecule has 4 nitrogen and oxygen atoms in total. The van der Waals surface area contributed by atoms with Crippen molar-refractivity contribution < 1.29 is 18.7 Å². The fraction of sp³-hybridized carbons (Fsp3) is 0.250. The summed E-state index contributed by atoms with van der Waals surface area (Å²) in [7, 11) is 0. The summed E-state index contributed by atoms with van der Waals surface area (Å²) < 4.78 is 21.2. The van der Waals surface area contributed by atoms with Gasteiger partial charge in [0.1, 0.15) is 22.2 Å². The molecule has 0 radical (unpaired) electrons. The lowest BCUT2D eigenvalue weighted by Gasteiger charge is -2.09. The van der Waals surface area contributed by atoms with Crippen LogP contribution < -0.4 is 0 Å². The van der Waals surface area contributed by atoms with Gasteiger partial charge in [-0.3, -0.25) is 4.79 Å². The summed E-state index contributed by atoms with van der Waals surface area (Å²) in [6.07, 6.45) is 5.30. The molecule has 0 saturated heterocycles. The molecular formula is C24H20FNO3S. The van der Waals surface area contributed by atoms with E-state index in [2.05, 4.69) is 4.98 Å². The summed E-state index contributed by atoms with van der Waals surface area (Å²) >= 11 is 1.54. The number of para-hydroxylation sites is 1. The lowest BCUT2D eigenvalue weighted by molar-refractivity contribution is -0.137. The molecule has 1 fully saturated rings. The van der Waals surface area contributed by atoms with Crippen LogP contribution in [0, 0.1) is 5.82 Å². The molecule has 2 aromatic heterocycles. The van der Waals surface area contributed by atoms with Gasteiger partial charge in [0.15, 0.2) is 0 Å². The highest BCUT2D eigenvalue weighted by molar-refractivity contribution is 7.15. The average molecular weight is 421 g/mol. The number of carbonyl (C=O) groups is 1. The van der Waals surface area contributed by atoms with Crippen LogP contribution >= 0.6 is 11.3 Å². The highest BCUT2D eigenvalue weighted by Crippen LogP contribution is 2.46. The molecule has 152 valence electrons. The number of aliphatic carboxylic acids is 1. The highest BCUT2D eigenvalue weighted by Gasteiger charge is 2.28. The van der Waals surface area contributed by atoms with Gasteiger partial charge < -0.3 is 9.52 Å². The van der Waals surface area contributed by atoms with E-state index in [4.69, 9.17) is 9.52 Å². The molecule has 0 atom stereocenters. The zero-order chi connectivity index (χ0) is 20.7. The van der Waals surface area contributed by atoms with Gasteiger partial charge in [-0.05, 0) is 43.7 Å². The van der Waals surface area contributed by atoms with E-state index < -0.39 is 5.97 Å². The maximum atomic E-state index is 15.0. The second kappa shape index (κ2) is 7.69. The van der Waals surface area contributed by atoms with Crippen molar-refractivity contribution in [2.24, 2.45) is 0 Å². The Morgan fingerprint density at radius 2 is 2.03 bits per heavy atom. The Morgan fingerprint density at radius 3 is 2.83 bits per heavy atom. The minimum atomic E-state index is -0.828. The zero-order valence-electron chi connectivity index (χ0n) is 16.2. The number of hydrogen-bond donors (Lipinski definition) is 1. The van der Waals surface area contributed by atoms with E-state index in [9.17, 15) is 4.79 Å². The van der Waals surface area contributed by atoms with Crippen LogP contribution in [0.25, 0.3) is 32.9 Å². The largest absolute Gasteiger partial charge is 0.481 e. The third kappa shape index (κ3) is 3.52. The number of nitrogens with zero attached hydrogens (tertiary/aromatic N) is 1. The van der Waals surface area contributed by atoms with Crippen LogP contribution in [0.15, 0.2) is 53.1 Å². The van der Waals surface area contributed by atoms with Crippen LogP contribution in [0.1, 0.15) is 42.0 Å². The summed E-state index contributed by atoms with van der Waals surface area (Å²) in [4.78, 5) is 16.7. The lowest BCUT2D eigenvalue weighted by atomic mass is 9.97. The molecule has 0 amide bonds. The van der Waals surface area contributed by atoms with Crippen LogP contribution in [0.4, 0.5) is 4.39 Å². The molecule has 0 bridgehead atoms. The van der Waals surface area contributed by atoms with Gasteiger partial charge in [0, 0.05) is 34.0 Å². The van der Waals surface area contributed by atoms with Crippen molar-refractivity contribution in [3.63, 3.8) is 0 Å². The number of carboxylic acids is 1. The number of carboxylic acid groups (broad SMARTS) is 1. The number of aromatic nitrogens is 1. The van der Waals surface area contributed by atoms with E-state index in [0.717, 1.165) is 10.9 Å². The van der Waals surface area contributed by atoms with Crippen molar-refractivity contribution in [2.45, 2.75) is 38.0 Å². The molecule has 0 unspecified atom stereocenters. The standard InChI is InChI=1S/C24H20FNO3S/c25-18-8-3-7-17(22(18)24-26-13-20(30-24)14-11-12-14)23-16(6-4-10-21(27)28)15-5-1-2-9-19(15)29-23/h1-3,5,7-9,13-14H,4,6,10-12H2,(H,27,28). The molecule has 2 heterocycles. The fourth-order valence-corrected chi connectivity index (χ4v) is 5.02.